The second-order valence-electron chi connectivity index (χ2n) is 4.22. The molecule has 1 aromatic rings. The maximum absolute atomic E-state index is 12.0. The van der Waals surface area contributed by atoms with Crippen LogP contribution in [-0.4, -0.2) is 31.6 Å². The zero-order chi connectivity index (χ0) is 13.0. The minimum absolute atomic E-state index is 0.0459. The summed E-state index contributed by atoms with van der Waals surface area (Å²) in [5.41, 5.74) is 1.19. The van der Waals surface area contributed by atoms with Crippen LogP contribution >= 0.6 is 0 Å². The van der Waals surface area contributed by atoms with E-state index in [4.69, 9.17) is 0 Å². The van der Waals surface area contributed by atoms with Crippen LogP contribution in [0.4, 0.5) is 5.69 Å². The van der Waals surface area contributed by atoms with Gasteiger partial charge in [0.25, 0.3) is 5.91 Å². The van der Waals surface area contributed by atoms with E-state index in [-0.39, 0.29) is 18.4 Å². The van der Waals surface area contributed by atoms with Crippen LogP contribution in [0, 0.1) is 0 Å². The molecule has 0 aromatic heterocycles. The number of amides is 1. The predicted octanol–water partition coefficient (Wildman–Crippen LogP) is 1.16. The van der Waals surface area contributed by atoms with E-state index in [9.17, 15) is 9.59 Å². The van der Waals surface area contributed by atoms with Gasteiger partial charge in [-0.15, -0.1) is 0 Å². The summed E-state index contributed by atoms with van der Waals surface area (Å²) in [4.78, 5) is 23.0. The van der Waals surface area contributed by atoms with Crippen molar-refractivity contribution in [2.24, 2.45) is 0 Å². The van der Waals surface area contributed by atoms with Gasteiger partial charge in [0.15, 0.2) is 0 Å². The largest absolute Gasteiger partial charge is 0.468 e. The summed E-state index contributed by atoms with van der Waals surface area (Å²) in [6.45, 7) is 0.0459. The summed E-state index contributed by atoms with van der Waals surface area (Å²) in [5.74, 6) is -0.474. The molecule has 0 saturated heterocycles. The zero-order valence-corrected chi connectivity index (χ0v) is 10.2. The summed E-state index contributed by atoms with van der Waals surface area (Å²) < 4.78 is 4.54. The fourth-order valence-corrected chi connectivity index (χ4v) is 1.57. The standard InChI is InChI=1S/C13H16N2O3/c1-18-12(16)8-14-11-5-3-2-4-10(11)13(17)15-9-6-7-9/h2-5,9,14H,6-8H2,1H3,(H,15,17). The van der Waals surface area contributed by atoms with E-state index >= 15 is 0 Å². The van der Waals surface area contributed by atoms with Gasteiger partial charge in [0.1, 0.15) is 6.54 Å². The van der Waals surface area contributed by atoms with Crippen molar-refractivity contribution >= 4 is 17.6 Å². The molecule has 1 saturated carbocycles. The molecular formula is C13H16N2O3. The Hall–Kier alpha value is -2.04. The fraction of sp³-hybridized carbons (Fsp3) is 0.385. The van der Waals surface area contributed by atoms with Gasteiger partial charge in [-0.1, -0.05) is 12.1 Å². The van der Waals surface area contributed by atoms with Gasteiger partial charge in [-0.3, -0.25) is 9.59 Å². The molecule has 0 unspecified atom stereocenters. The molecule has 2 N–H and O–H groups in total. The van der Waals surface area contributed by atoms with Gasteiger partial charge in [0.05, 0.1) is 12.7 Å². The first-order chi connectivity index (χ1) is 8.70. The Labute approximate surface area is 106 Å². The molecule has 5 nitrogen and oxygen atoms in total. The average molecular weight is 248 g/mol. The molecule has 2 rings (SSSR count). The number of ether oxygens (including phenoxy) is 1. The first-order valence-corrected chi connectivity index (χ1v) is 5.91. The van der Waals surface area contributed by atoms with Crippen LogP contribution in [-0.2, 0) is 9.53 Å². The third kappa shape index (κ3) is 3.23. The van der Waals surface area contributed by atoms with Crippen molar-refractivity contribution in [3.05, 3.63) is 29.8 Å². The average Bonchev–Trinajstić information content (AvgIpc) is 3.20. The molecule has 0 heterocycles. The molecule has 0 radical (unpaired) electrons. The van der Waals surface area contributed by atoms with E-state index in [1.54, 1.807) is 18.2 Å². The molecule has 18 heavy (non-hydrogen) atoms. The van der Waals surface area contributed by atoms with Crippen molar-refractivity contribution in [2.75, 3.05) is 19.0 Å². The third-order valence-corrected chi connectivity index (χ3v) is 2.74. The minimum Gasteiger partial charge on any atom is -0.468 e. The molecule has 0 aliphatic heterocycles. The molecular weight excluding hydrogens is 232 g/mol. The number of carbonyl (C=O) groups excluding carboxylic acids is 2. The third-order valence-electron chi connectivity index (χ3n) is 2.74. The number of methoxy groups -OCH3 is 1. The van der Waals surface area contributed by atoms with E-state index in [0.717, 1.165) is 12.8 Å². The lowest BCUT2D eigenvalue weighted by atomic mass is 10.1. The highest BCUT2D eigenvalue weighted by Gasteiger charge is 2.24. The summed E-state index contributed by atoms with van der Waals surface area (Å²) in [7, 11) is 1.33. The highest BCUT2D eigenvalue weighted by Crippen LogP contribution is 2.21. The van der Waals surface area contributed by atoms with E-state index in [0.29, 0.717) is 17.3 Å². The Kier molecular flexibility index (Phi) is 3.82. The van der Waals surface area contributed by atoms with Crippen LogP contribution in [0.1, 0.15) is 23.2 Å². The maximum Gasteiger partial charge on any atom is 0.325 e. The second kappa shape index (κ2) is 5.53. The number of nitrogens with one attached hydrogen (secondary N) is 2. The van der Waals surface area contributed by atoms with Crippen molar-refractivity contribution < 1.29 is 14.3 Å². The number of benzene rings is 1. The normalized spacial score (nSPS) is 13.8. The monoisotopic (exact) mass is 248 g/mol. The lowest BCUT2D eigenvalue weighted by molar-refractivity contribution is -0.138. The van der Waals surface area contributed by atoms with Gasteiger partial charge >= 0.3 is 5.97 Å². The Morgan fingerprint density at radius 1 is 1.33 bits per heavy atom. The van der Waals surface area contributed by atoms with Crippen molar-refractivity contribution in [3.63, 3.8) is 0 Å². The van der Waals surface area contributed by atoms with Crippen LogP contribution in [0.2, 0.25) is 0 Å². The molecule has 1 aliphatic carbocycles. The Morgan fingerprint density at radius 2 is 2.06 bits per heavy atom. The van der Waals surface area contributed by atoms with Crippen LogP contribution in [0.15, 0.2) is 24.3 Å². The summed E-state index contributed by atoms with van der Waals surface area (Å²) in [6.07, 6.45) is 2.09. The lowest BCUT2D eigenvalue weighted by Crippen LogP contribution is -2.27. The number of hydrogen-bond donors (Lipinski definition) is 2. The number of rotatable bonds is 5. The first kappa shape index (κ1) is 12.4. The van der Waals surface area contributed by atoms with Crippen LogP contribution in [0.25, 0.3) is 0 Å². The molecule has 1 aromatic carbocycles. The smallest absolute Gasteiger partial charge is 0.325 e. The van der Waals surface area contributed by atoms with Crippen molar-refractivity contribution in [2.45, 2.75) is 18.9 Å². The zero-order valence-electron chi connectivity index (χ0n) is 10.2. The van der Waals surface area contributed by atoms with Crippen LogP contribution < -0.4 is 10.6 Å². The Balaban J connectivity index is 2.04. The number of para-hydroxylation sites is 1. The topological polar surface area (TPSA) is 67.4 Å². The Bertz CT molecular complexity index is 455. The van der Waals surface area contributed by atoms with Crippen molar-refractivity contribution in [1.29, 1.82) is 0 Å². The predicted molar refractivity (Wildman–Crippen MR) is 67.4 cm³/mol. The van der Waals surface area contributed by atoms with Gasteiger partial charge in [-0.05, 0) is 25.0 Å². The number of esters is 1. The number of carbonyl (C=O) groups is 2. The fourth-order valence-electron chi connectivity index (χ4n) is 1.57. The van der Waals surface area contributed by atoms with Gasteiger partial charge in [0, 0.05) is 11.7 Å². The molecule has 1 aliphatic rings. The number of hydrogen-bond acceptors (Lipinski definition) is 4. The van der Waals surface area contributed by atoms with Crippen LogP contribution in [0.5, 0.6) is 0 Å². The lowest BCUT2D eigenvalue weighted by Gasteiger charge is -2.11. The van der Waals surface area contributed by atoms with Crippen molar-refractivity contribution in [1.82, 2.24) is 5.32 Å². The van der Waals surface area contributed by atoms with Gasteiger partial charge in [-0.25, -0.2) is 0 Å². The summed E-state index contributed by atoms with van der Waals surface area (Å²) in [5, 5.41) is 5.82. The molecule has 0 bridgehead atoms. The second-order valence-corrected chi connectivity index (χ2v) is 4.22. The quantitative estimate of drug-likeness (QED) is 0.767. The SMILES string of the molecule is COC(=O)CNc1ccccc1C(=O)NC1CC1. The van der Waals surface area contributed by atoms with E-state index in [1.165, 1.54) is 7.11 Å². The number of anilines is 1. The first-order valence-electron chi connectivity index (χ1n) is 5.91. The maximum atomic E-state index is 12.0. The van der Waals surface area contributed by atoms with E-state index in [2.05, 4.69) is 15.4 Å². The molecule has 1 amide bonds. The molecule has 96 valence electrons. The molecule has 0 spiro atoms. The van der Waals surface area contributed by atoms with Crippen LogP contribution in [0.3, 0.4) is 0 Å². The van der Waals surface area contributed by atoms with E-state index in [1.807, 2.05) is 6.07 Å². The van der Waals surface area contributed by atoms with Gasteiger partial charge in [-0.2, -0.15) is 0 Å². The van der Waals surface area contributed by atoms with E-state index < -0.39 is 0 Å². The molecule has 5 heteroatoms. The Morgan fingerprint density at radius 3 is 2.72 bits per heavy atom. The summed E-state index contributed by atoms with van der Waals surface area (Å²) in [6, 6.07) is 7.42. The molecule has 1 fully saturated rings. The van der Waals surface area contributed by atoms with Gasteiger partial charge < -0.3 is 15.4 Å². The molecule has 0 atom stereocenters. The highest BCUT2D eigenvalue weighted by atomic mass is 16.5. The van der Waals surface area contributed by atoms with Crippen molar-refractivity contribution in [3.8, 4) is 0 Å². The highest BCUT2D eigenvalue weighted by molar-refractivity contribution is 6.00. The minimum atomic E-state index is -0.368. The van der Waals surface area contributed by atoms with Gasteiger partial charge in [0.2, 0.25) is 0 Å². The summed E-state index contributed by atoms with van der Waals surface area (Å²) >= 11 is 0.